The first-order chi connectivity index (χ1) is 10.8. The van der Waals surface area contributed by atoms with Crippen molar-refractivity contribution < 1.29 is 4.74 Å². The lowest BCUT2D eigenvalue weighted by molar-refractivity contribution is 0.0377. The Morgan fingerprint density at radius 3 is 2.64 bits per heavy atom. The van der Waals surface area contributed by atoms with Gasteiger partial charge in [-0.25, -0.2) is 0 Å². The van der Waals surface area contributed by atoms with Crippen LogP contribution in [0.4, 0.5) is 0 Å². The van der Waals surface area contributed by atoms with Crippen LogP contribution < -0.4 is 10.6 Å². The quantitative estimate of drug-likeness (QED) is 0.369. The van der Waals surface area contributed by atoms with E-state index in [1.165, 1.54) is 25.7 Å². The first-order valence-corrected chi connectivity index (χ1v) is 9.11. The van der Waals surface area contributed by atoms with E-state index in [1.54, 1.807) is 0 Å². The van der Waals surface area contributed by atoms with Crippen molar-refractivity contribution in [3.8, 4) is 0 Å². The fourth-order valence-corrected chi connectivity index (χ4v) is 2.64. The second-order valence-electron chi connectivity index (χ2n) is 6.11. The highest BCUT2D eigenvalue weighted by atomic mass is 16.5. The van der Waals surface area contributed by atoms with E-state index in [0.717, 1.165) is 58.3 Å². The van der Waals surface area contributed by atoms with E-state index < -0.39 is 0 Å². The van der Waals surface area contributed by atoms with Crippen LogP contribution in [0.2, 0.25) is 0 Å². The van der Waals surface area contributed by atoms with Gasteiger partial charge in [-0.15, -0.1) is 0 Å². The van der Waals surface area contributed by atoms with Crippen LogP contribution in [0.25, 0.3) is 0 Å². The number of guanidine groups is 1. The van der Waals surface area contributed by atoms with Gasteiger partial charge in [-0.3, -0.25) is 9.89 Å². The molecule has 5 heteroatoms. The predicted molar refractivity (Wildman–Crippen MR) is 94.6 cm³/mol. The van der Waals surface area contributed by atoms with Gasteiger partial charge in [0, 0.05) is 38.8 Å². The molecule has 0 bridgehead atoms. The maximum Gasteiger partial charge on any atom is 0.191 e. The third-order valence-electron chi connectivity index (χ3n) is 3.97. The molecular weight excluding hydrogens is 276 g/mol. The van der Waals surface area contributed by atoms with Crippen molar-refractivity contribution in [1.29, 1.82) is 0 Å². The Morgan fingerprint density at radius 2 is 1.95 bits per heavy atom. The minimum absolute atomic E-state index is 0.489. The fourth-order valence-electron chi connectivity index (χ4n) is 2.64. The van der Waals surface area contributed by atoms with Crippen LogP contribution in [-0.4, -0.2) is 62.8 Å². The van der Waals surface area contributed by atoms with Gasteiger partial charge in [0.05, 0.1) is 13.2 Å². The summed E-state index contributed by atoms with van der Waals surface area (Å²) >= 11 is 0. The summed E-state index contributed by atoms with van der Waals surface area (Å²) in [5.74, 6) is 0.966. The van der Waals surface area contributed by atoms with Gasteiger partial charge in [-0.2, -0.15) is 0 Å². The molecular formula is C17H36N4O. The Labute approximate surface area is 136 Å². The summed E-state index contributed by atoms with van der Waals surface area (Å²) in [4.78, 5) is 7.17. The SMILES string of the molecule is CCCCCC(C)NC(=NCCCN1CCOCC1)NCC. The van der Waals surface area contributed by atoms with Crippen LogP contribution in [0.1, 0.15) is 52.9 Å². The van der Waals surface area contributed by atoms with Crippen molar-refractivity contribution in [1.82, 2.24) is 15.5 Å². The zero-order chi connectivity index (χ0) is 16.0. The van der Waals surface area contributed by atoms with Crippen LogP contribution in [0.5, 0.6) is 0 Å². The third-order valence-corrected chi connectivity index (χ3v) is 3.97. The molecule has 5 nitrogen and oxygen atoms in total. The van der Waals surface area contributed by atoms with Crippen LogP contribution in [0.3, 0.4) is 0 Å². The number of hydrogen-bond donors (Lipinski definition) is 2. The predicted octanol–water partition coefficient (Wildman–Crippen LogP) is 2.23. The summed E-state index contributed by atoms with van der Waals surface area (Å²) in [5.41, 5.74) is 0. The van der Waals surface area contributed by atoms with Gasteiger partial charge in [-0.1, -0.05) is 26.2 Å². The Balaban J connectivity index is 2.21. The molecule has 0 aromatic rings. The third kappa shape index (κ3) is 9.26. The Bertz CT molecular complexity index is 290. The van der Waals surface area contributed by atoms with E-state index in [1.807, 2.05) is 0 Å². The normalized spacial score (nSPS) is 18.2. The maximum atomic E-state index is 5.37. The second-order valence-corrected chi connectivity index (χ2v) is 6.11. The molecule has 1 fully saturated rings. The van der Waals surface area contributed by atoms with E-state index in [9.17, 15) is 0 Å². The van der Waals surface area contributed by atoms with E-state index >= 15 is 0 Å². The molecule has 1 aliphatic rings. The van der Waals surface area contributed by atoms with E-state index in [-0.39, 0.29) is 0 Å². The van der Waals surface area contributed by atoms with Gasteiger partial charge in [0.2, 0.25) is 0 Å². The van der Waals surface area contributed by atoms with E-state index in [0.29, 0.717) is 6.04 Å². The molecule has 130 valence electrons. The zero-order valence-corrected chi connectivity index (χ0v) is 14.9. The average molecular weight is 313 g/mol. The lowest BCUT2D eigenvalue weighted by Crippen LogP contribution is -2.42. The number of aliphatic imine (C=N–C) groups is 1. The molecule has 0 aromatic carbocycles. The standard InChI is InChI=1S/C17H36N4O/c1-4-6-7-9-16(3)20-17(18-5-2)19-10-8-11-21-12-14-22-15-13-21/h16H,4-15H2,1-3H3,(H2,18,19,20). The lowest BCUT2D eigenvalue weighted by Gasteiger charge is -2.26. The molecule has 0 aliphatic carbocycles. The summed E-state index contributed by atoms with van der Waals surface area (Å²) < 4.78 is 5.37. The Hall–Kier alpha value is -0.810. The molecule has 1 rings (SSSR count). The Kier molecular flexibility index (Phi) is 11.1. The highest BCUT2D eigenvalue weighted by Crippen LogP contribution is 2.03. The van der Waals surface area contributed by atoms with Crippen molar-refractivity contribution >= 4 is 5.96 Å². The number of morpholine rings is 1. The molecule has 1 aliphatic heterocycles. The lowest BCUT2D eigenvalue weighted by atomic mass is 10.1. The van der Waals surface area contributed by atoms with Crippen molar-refractivity contribution in [2.45, 2.75) is 58.9 Å². The minimum atomic E-state index is 0.489. The van der Waals surface area contributed by atoms with Crippen LogP contribution in [-0.2, 0) is 4.74 Å². The van der Waals surface area contributed by atoms with E-state index in [2.05, 4.69) is 36.3 Å². The summed E-state index contributed by atoms with van der Waals surface area (Å²) in [7, 11) is 0. The Morgan fingerprint density at radius 1 is 1.18 bits per heavy atom. The highest BCUT2D eigenvalue weighted by Gasteiger charge is 2.09. The molecule has 22 heavy (non-hydrogen) atoms. The monoisotopic (exact) mass is 312 g/mol. The largest absolute Gasteiger partial charge is 0.379 e. The van der Waals surface area contributed by atoms with Crippen molar-refractivity contribution in [3.63, 3.8) is 0 Å². The first kappa shape index (κ1) is 19.2. The number of nitrogens with zero attached hydrogens (tertiary/aromatic N) is 2. The summed E-state index contributed by atoms with van der Waals surface area (Å²) in [5, 5.41) is 6.87. The smallest absolute Gasteiger partial charge is 0.191 e. The molecule has 0 aromatic heterocycles. The molecule has 1 atom stereocenters. The zero-order valence-electron chi connectivity index (χ0n) is 14.9. The van der Waals surface area contributed by atoms with E-state index in [4.69, 9.17) is 9.73 Å². The van der Waals surface area contributed by atoms with Gasteiger partial charge in [-0.05, 0) is 26.7 Å². The van der Waals surface area contributed by atoms with Gasteiger partial charge >= 0.3 is 0 Å². The number of hydrogen-bond acceptors (Lipinski definition) is 3. The maximum absolute atomic E-state index is 5.37. The summed E-state index contributed by atoms with van der Waals surface area (Å²) in [6.07, 6.45) is 6.22. The summed E-state index contributed by atoms with van der Waals surface area (Å²) in [6.45, 7) is 13.4. The van der Waals surface area contributed by atoms with Crippen molar-refractivity contribution in [2.24, 2.45) is 4.99 Å². The fraction of sp³-hybridized carbons (Fsp3) is 0.941. The molecule has 0 amide bonds. The van der Waals surface area contributed by atoms with Crippen LogP contribution >= 0.6 is 0 Å². The highest BCUT2D eigenvalue weighted by molar-refractivity contribution is 5.79. The number of nitrogens with one attached hydrogen (secondary N) is 2. The molecule has 0 radical (unpaired) electrons. The average Bonchev–Trinajstić information content (AvgIpc) is 2.53. The molecule has 1 saturated heterocycles. The molecule has 0 saturated carbocycles. The van der Waals surface area contributed by atoms with Gasteiger partial charge in [0.15, 0.2) is 5.96 Å². The van der Waals surface area contributed by atoms with Gasteiger partial charge in [0.25, 0.3) is 0 Å². The molecule has 1 unspecified atom stereocenters. The minimum Gasteiger partial charge on any atom is -0.379 e. The number of unbranched alkanes of at least 4 members (excludes halogenated alkanes) is 2. The van der Waals surface area contributed by atoms with Gasteiger partial charge < -0.3 is 15.4 Å². The van der Waals surface area contributed by atoms with Gasteiger partial charge in [0.1, 0.15) is 0 Å². The number of rotatable bonds is 10. The topological polar surface area (TPSA) is 48.9 Å². The first-order valence-electron chi connectivity index (χ1n) is 9.11. The van der Waals surface area contributed by atoms with Crippen LogP contribution in [0, 0.1) is 0 Å². The molecule has 1 heterocycles. The van der Waals surface area contributed by atoms with Crippen molar-refractivity contribution in [3.05, 3.63) is 0 Å². The molecule has 2 N–H and O–H groups in total. The number of ether oxygens (including phenoxy) is 1. The molecule has 0 spiro atoms. The second kappa shape index (κ2) is 12.7. The van der Waals surface area contributed by atoms with Crippen LogP contribution in [0.15, 0.2) is 4.99 Å². The van der Waals surface area contributed by atoms with Crippen molar-refractivity contribution in [2.75, 3.05) is 45.9 Å². The summed E-state index contributed by atoms with van der Waals surface area (Å²) in [6, 6.07) is 0.489.